The second-order valence-electron chi connectivity index (χ2n) is 4.06. The van der Waals surface area contributed by atoms with Gasteiger partial charge in [0.1, 0.15) is 11.6 Å². The van der Waals surface area contributed by atoms with Crippen molar-refractivity contribution in [2.45, 2.75) is 18.8 Å². The first-order chi connectivity index (χ1) is 9.14. The van der Waals surface area contributed by atoms with Crippen LogP contribution in [0.1, 0.15) is 6.42 Å². The zero-order valence-corrected chi connectivity index (χ0v) is 11.5. The van der Waals surface area contributed by atoms with E-state index in [2.05, 4.69) is 5.32 Å². The summed E-state index contributed by atoms with van der Waals surface area (Å²) in [7, 11) is 4.63. The predicted octanol–water partition coefficient (Wildman–Crippen LogP) is 1.58. The van der Waals surface area contributed by atoms with Gasteiger partial charge in [-0.05, 0) is 12.1 Å². The molecule has 0 heterocycles. The highest BCUT2D eigenvalue weighted by molar-refractivity contribution is 5.50. The number of benzene rings is 1. The molecule has 0 aliphatic carbocycles. The van der Waals surface area contributed by atoms with Crippen molar-refractivity contribution in [2.24, 2.45) is 5.73 Å². The summed E-state index contributed by atoms with van der Waals surface area (Å²) in [5.74, 6) is 0.223. The second kappa shape index (κ2) is 7.93. The Balaban J connectivity index is 2.74. The third-order valence-electron chi connectivity index (χ3n) is 2.82. The van der Waals surface area contributed by atoms with Crippen LogP contribution in [0.4, 0.5) is 10.1 Å². The van der Waals surface area contributed by atoms with Gasteiger partial charge in [-0.2, -0.15) is 0 Å². The Bertz CT molecular complexity index is 386. The molecule has 0 radical (unpaired) electrons. The molecule has 1 rings (SSSR count). The molecule has 0 aliphatic rings. The Morgan fingerprint density at radius 1 is 1.26 bits per heavy atom. The van der Waals surface area contributed by atoms with E-state index in [1.165, 1.54) is 13.2 Å². The summed E-state index contributed by atoms with van der Waals surface area (Å²) in [5, 5.41) is 3.03. The van der Waals surface area contributed by atoms with E-state index in [9.17, 15) is 4.39 Å². The molecular weight excluding hydrogens is 251 g/mol. The fraction of sp³-hybridized carbons (Fsp3) is 0.538. The van der Waals surface area contributed by atoms with Gasteiger partial charge in [-0.15, -0.1) is 0 Å². The Morgan fingerprint density at radius 3 is 2.47 bits per heavy atom. The molecular formula is C13H21FN2O3. The highest BCUT2D eigenvalue weighted by Crippen LogP contribution is 2.22. The molecule has 1 atom stereocenters. The average Bonchev–Trinajstić information content (AvgIpc) is 2.45. The van der Waals surface area contributed by atoms with E-state index < -0.39 is 0 Å². The van der Waals surface area contributed by atoms with Crippen molar-refractivity contribution < 1.29 is 18.6 Å². The molecule has 0 saturated heterocycles. The number of anilines is 1. The van der Waals surface area contributed by atoms with Crippen molar-refractivity contribution in [2.75, 3.05) is 33.2 Å². The minimum absolute atomic E-state index is 0.161. The number of halogens is 1. The van der Waals surface area contributed by atoms with Crippen LogP contribution in [0.25, 0.3) is 0 Å². The van der Waals surface area contributed by atoms with Gasteiger partial charge in [0.15, 0.2) is 6.29 Å². The molecule has 0 aromatic heterocycles. The minimum atomic E-state index is -0.380. The molecule has 1 aromatic carbocycles. The highest BCUT2D eigenvalue weighted by atomic mass is 19.1. The molecule has 1 aromatic rings. The quantitative estimate of drug-likeness (QED) is 0.703. The highest BCUT2D eigenvalue weighted by Gasteiger charge is 2.16. The maximum Gasteiger partial charge on any atom is 0.158 e. The molecule has 0 bridgehead atoms. The van der Waals surface area contributed by atoms with Gasteiger partial charge in [0, 0.05) is 39.3 Å². The van der Waals surface area contributed by atoms with Crippen molar-refractivity contribution >= 4 is 5.69 Å². The van der Waals surface area contributed by atoms with E-state index in [1.54, 1.807) is 26.4 Å². The Labute approximate surface area is 112 Å². The van der Waals surface area contributed by atoms with Crippen LogP contribution in [-0.4, -0.2) is 40.2 Å². The lowest BCUT2D eigenvalue weighted by atomic mass is 10.1. The summed E-state index contributed by atoms with van der Waals surface area (Å²) in [4.78, 5) is 0. The monoisotopic (exact) mass is 272 g/mol. The molecule has 5 nitrogen and oxygen atoms in total. The molecule has 108 valence electrons. The molecule has 0 fully saturated rings. The average molecular weight is 272 g/mol. The first-order valence-electron chi connectivity index (χ1n) is 6.00. The van der Waals surface area contributed by atoms with Gasteiger partial charge in [-0.1, -0.05) is 0 Å². The topological polar surface area (TPSA) is 65.7 Å². The number of rotatable bonds is 8. The van der Waals surface area contributed by atoms with E-state index in [1.807, 2.05) is 0 Å². The van der Waals surface area contributed by atoms with Crippen LogP contribution in [-0.2, 0) is 9.47 Å². The lowest BCUT2D eigenvalue weighted by molar-refractivity contribution is -0.107. The van der Waals surface area contributed by atoms with Gasteiger partial charge in [0.2, 0.25) is 0 Å². The third kappa shape index (κ3) is 4.66. The Kier molecular flexibility index (Phi) is 6.55. The normalized spacial score (nSPS) is 12.5. The van der Waals surface area contributed by atoms with Crippen LogP contribution in [0.2, 0.25) is 0 Å². The smallest absolute Gasteiger partial charge is 0.158 e. The van der Waals surface area contributed by atoms with Gasteiger partial charge in [-0.25, -0.2) is 4.39 Å². The van der Waals surface area contributed by atoms with E-state index in [0.717, 1.165) is 0 Å². The Morgan fingerprint density at radius 2 is 1.95 bits per heavy atom. The summed E-state index contributed by atoms with van der Waals surface area (Å²) in [5.41, 5.74) is 6.02. The van der Waals surface area contributed by atoms with Crippen molar-refractivity contribution in [3.63, 3.8) is 0 Å². The van der Waals surface area contributed by atoms with Gasteiger partial charge < -0.3 is 25.3 Å². The summed E-state index contributed by atoms with van der Waals surface area (Å²) in [6.07, 6.45) is 0.134. The van der Waals surface area contributed by atoms with Gasteiger partial charge in [0.05, 0.1) is 12.8 Å². The molecule has 6 heteroatoms. The molecule has 0 spiro atoms. The van der Waals surface area contributed by atoms with Crippen molar-refractivity contribution in [3.05, 3.63) is 24.0 Å². The van der Waals surface area contributed by atoms with Crippen LogP contribution in [0.15, 0.2) is 18.2 Å². The fourth-order valence-electron chi connectivity index (χ4n) is 1.70. The van der Waals surface area contributed by atoms with Crippen LogP contribution in [0.5, 0.6) is 5.75 Å². The summed E-state index contributed by atoms with van der Waals surface area (Å²) in [6.45, 7) is 0.333. The number of methoxy groups -OCH3 is 3. The van der Waals surface area contributed by atoms with Crippen molar-refractivity contribution in [3.8, 4) is 5.75 Å². The van der Waals surface area contributed by atoms with E-state index >= 15 is 0 Å². The number of nitrogens with two attached hydrogens (primary N) is 1. The first-order valence-corrected chi connectivity index (χ1v) is 6.00. The van der Waals surface area contributed by atoms with E-state index in [0.29, 0.717) is 24.4 Å². The standard InChI is InChI=1S/C13H21FN2O3/c1-17-10-4-5-11(14)12(7-10)16-9(8-15)6-13(18-2)19-3/h4-5,7,9,13,16H,6,8,15H2,1-3H3. The molecule has 19 heavy (non-hydrogen) atoms. The van der Waals surface area contributed by atoms with E-state index in [-0.39, 0.29) is 18.1 Å². The van der Waals surface area contributed by atoms with Crippen LogP contribution in [0.3, 0.4) is 0 Å². The number of hydrogen-bond acceptors (Lipinski definition) is 5. The van der Waals surface area contributed by atoms with Crippen LogP contribution in [0, 0.1) is 5.82 Å². The van der Waals surface area contributed by atoms with Crippen molar-refractivity contribution in [1.29, 1.82) is 0 Å². The lowest BCUT2D eigenvalue weighted by Gasteiger charge is -2.23. The lowest BCUT2D eigenvalue weighted by Crippen LogP contribution is -2.34. The zero-order valence-electron chi connectivity index (χ0n) is 11.5. The molecule has 0 saturated carbocycles. The summed E-state index contributed by atoms with van der Waals surface area (Å²) in [6, 6.07) is 4.34. The number of hydrogen-bond donors (Lipinski definition) is 2. The van der Waals surface area contributed by atoms with Gasteiger partial charge >= 0.3 is 0 Å². The van der Waals surface area contributed by atoms with Crippen LogP contribution >= 0.6 is 0 Å². The van der Waals surface area contributed by atoms with Crippen molar-refractivity contribution in [1.82, 2.24) is 0 Å². The SMILES string of the molecule is COc1ccc(F)c(NC(CN)CC(OC)OC)c1. The second-order valence-corrected chi connectivity index (χ2v) is 4.06. The largest absolute Gasteiger partial charge is 0.497 e. The molecule has 3 N–H and O–H groups in total. The number of ether oxygens (including phenoxy) is 3. The van der Waals surface area contributed by atoms with E-state index in [4.69, 9.17) is 19.9 Å². The molecule has 0 aliphatic heterocycles. The maximum absolute atomic E-state index is 13.7. The summed E-state index contributed by atoms with van der Waals surface area (Å²) >= 11 is 0. The van der Waals surface area contributed by atoms with Crippen LogP contribution < -0.4 is 15.8 Å². The summed E-state index contributed by atoms with van der Waals surface area (Å²) < 4.78 is 29.0. The minimum Gasteiger partial charge on any atom is -0.497 e. The molecule has 0 amide bonds. The predicted molar refractivity (Wildman–Crippen MR) is 71.8 cm³/mol. The fourth-order valence-corrected chi connectivity index (χ4v) is 1.70. The number of nitrogens with one attached hydrogen (secondary N) is 1. The molecule has 1 unspecified atom stereocenters. The zero-order chi connectivity index (χ0) is 14.3. The van der Waals surface area contributed by atoms with Gasteiger partial charge in [0.25, 0.3) is 0 Å². The Hall–Kier alpha value is -1.37. The first kappa shape index (κ1) is 15.7. The van der Waals surface area contributed by atoms with Gasteiger partial charge in [-0.3, -0.25) is 0 Å². The maximum atomic E-state index is 13.7. The third-order valence-corrected chi connectivity index (χ3v) is 2.82.